The average molecular weight is 328 g/mol. The van der Waals surface area contributed by atoms with E-state index in [4.69, 9.17) is 9.84 Å². The molecule has 2 aromatic rings. The van der Waals surface area contributed by atoms with Crippen LogP contribution in [0.25, 0.3) is 0 Å². The van der Waals surface area contributed by atoms with Crippen LogP contribution in [0.2, 0.25) is 0 Å². The van der Waals surface area contributed by atoms with Crippen LogP contribution in [0, 0.1) is 13.8 Å². The zero-order chi connectivity index (χ0) is 17.7. The molecule has 0 radical (unpaired) electrons. The third kappa shape index (κ3) is 4.55. The maximum atomic E-state index is 12.1. The minimum atomic E-state index is -1.06. The van der Waals surface area contributed by atoms with Crippen LogP contribution in [0.3, 0.4) is 0 Å². The normalized spacial score (nSPS) is 11.6. The summed E-state index contributed by atoms with van der Waals surface area (Å²) < 4.78 is 5.72. The van der Waals surface area contributed by atoms with Crippen LogP contribution in [0.5, 0.6) is 5.75 Å². The fourth-order valence-corrected chi connectivity index (χ4v) is 2.13. The Hall–Kier alpha value is -2.89. The van der Waals surface area contributed by atoms with Crippen LogP contribution in [-0.4, -0.2) is 34.6 Å². The van der Waals surface area contributed by atoms with Crippen molar-refractivity contribution in [1.82, 2.24) is 10.3 Å². The Labute approximate surface area is 140 Å². The Morgan fingerprint density at radius 2 is 1.83 bits per heavy atom. The highest BCUT2D eigenvalue weighted by molar-refractivity contribution is 5.94. The van der Waals surface area contributed by atoms with Crippen LogP contribution in [0.15, 0.2) is 36.4 Å². The van der Waals surface area contributed by atoms with Crippen LogP contribution in [0.4, 0.5) is 0 Å². The topological polar surface area (TPSA) is 88.5 Å². The highest BCUT2D eigenvalue weighted by Crippen LogP contribution is 2.13. The number of hydrogen-bond acceptors (Lipinski definition) is 4. The number of hydrogen-bond donors (Lipinski definition) is 2. The largest absolute Gasteiger partial charge is 0.489 e. The second-order valence-corrected chi connectivity index (χ2v) is 5.59. The van der Waals surface area contributed by atoms with Gasteiger partial charge in [0.15, 0.2) is 0 Å². The number of ether oxygens (including phenoxy) is 1. The quantitative estimate of drug-likeness (QED) is 0.851. The fraction of sp³-hybridized carbons (Fsp3) is 0.278. The van der Waals surface area contributed by atoms with Gasteiger partial charge in [0.25, 0.3) is 5.91 Å². The molecule has 1 amide bonds. The number of amides is 1. The van der Waals surface area contributed by atoms with Gasteiger partial charge in [0, 0.05) is 0 Å². The van der Waals surface area contributed by atoms with Crippen molar-refractivity contribution in [3.05, 3.63) is 58.9 Å². The maximum Gasteiger partial charge on any atom is 0.337 e. The van der Waals surface area contributed by atoms with Gasteiger partial charge in [0.05, 0.1) is 17.8 Å². The molecule has 1 heterocycles. The second kappa shape index (κ2) is 7.59. The van der Waals surface area contributed by atoms with E-state index in [1.165, 1.54) is 12.1 Å². The van der Waals surface area contributed by atoms with Gasteiger partial charge in [-0.05, 0) is 45.0 Å². The minimum absolute atomic E-state index is 0.0858. The first-order valence-corrected chi connectivity index (χ1v) is 7.59. The van der Waals surface area contributed by atoms with E-state index in [-0.39, 0.29) is 23.3 Å². The number of carbonyl (C=O) groups excluding carboxylic acids is 1. The van der Waals surface area contributed by atoms with E-state index in [1.807, 2.05) is 38.1 Å². The van der Waals surface area contributed by atoms with Gasteiger partial charge in [-0.15, -0.1) is 0 Å². The molecule has 6 nitrogen and oxygen atoms in total. The van der Waals surface area contributed by atoms with E-state index in [1.54, 1.807) is 6.92 Å². The molecule has 2 rings (SSSR count). The summed E-state index contributed by atoms with van der Waals surface area (Å²) in [6.07, 6.45) is -0.212. The molecule has 0 fully saturated rings. The van der Waals surface area contributed by atoms with Crippen LogP contribution < -0.4 is 10.1 Å². The molecule has 0 aliphatic rings. The van der Waals surface area contributed by atoms with E-state index in [2.05, 4.69) is 10.3 Å². The third-order valence-electron chi connectivity index (χ3n) is 3.46. The predicted molar refractivity (Wildman–Crippen MR) is 89.5 cm³/mol. The molecule has 0 aliphatic heterocycles. The molecule has 0 aliphatic carbocycles. The van der Waals surface area contributed by atoms with Crippen molar-refractivity contribution in [1.29, 1.82) is 0 Å². The first kappa shape index (κ1) is 17.5. The second-order valence-electron chi connectivity index (χ2n) is 5.59. The Balaban J connectivity index is 1.91. The number of benzene rings is 1. The number of carbonyl (C=O) groups is 2. The molecule has 1 aromatic carbocycles. The summed E-state index contributed by atoms with van der Waals surface area (Å²) >= 11 is 0. The number of rotatable bonds is 6. The Kier molecular flexibility index (Phi) is 5.52. The molecule has 1 unspecified atom stereocenters. The lowest BCUT2D eigenvalue weighted by Crippen LogP contribution is -2.34. The zero-order valence-electron chi connectivity index (χ0n) is 13.9. The van der Waals surface area contributed by atoms with Gasteiger partial charge in [-0.1, -0.05) is 17.7 Å². The molecule has 126 valence electrons. The van der Waals surface area contributed by atoms with Crippen molar-refractivity contribution in [2.24, 2.45) is 0 Å². The Morgan fingerprint density at radius 1 is 1.17 bits per heavy atom. The standard InChI is InChI=1S/C18H20N2O4/c1-11-4-6-14(7-5-11)24-12(2)10-19-17(21)16-9-8-15(18(22)23)13(3)20-16/h4-9,12H,10H2,1-3H3,(H,19,21)(H,22,23). The molecule has 0 saturated carbocycles. The van der Waals surface area contributed by atoms with Crippen molar-refractivity contribution >= 4 is 11.9 Å². The van der Waals surface area contributed by atoms with Crippen molar-refractivity contribution in [2.45, 2.75) is 26.9 Å². The average Bonchev–Trinajstić information content (AvgIpc) is 2.54. The van der Waals surface area contributed by atoms with Gasteiger partial charge < -0.3 is 15.2 Å². The smallest absolute Gasteiger partial charge is 0.337 e. The number of nitrogens with zero attached hydrogens (tertiary/aromatic N) is 1. The molecule has 2 N–H and O–H groups in total. The maximum absolute atomic E-state index is 12.1. The van der Waals surface area contributed by atoms with E-state index >= 15 is 0 Å². The molecular formula is C18H20N2O4. The van der Waals surface area contributed by atoms with Gasteiger partial charge in [0.2, 0.25) is 0 Å². The van der Waals surface area contributed by atoms with Gasteiger partial charge in [-0.3, -0.25) is 4.79 Å². The zero-order valence-corrected chi connectivity index (χ0v) is 13.9. The van der Waals surface area contributed by atoms with Crippen LogP contribution >= 0.6 is 0 Å². The van der Waals surface area contributed by atoms with Crippen LogP contribution in [-0.2, 0) is 0 Å². The summed E-state index contributed by atoms with van der Waals surface area (Å²) in [6.45, 7) is 5.72. The molecule has 0 spiro atoms. The lowest BCUT2D eigenvalue weighted by molar-refractivity contribution is 0.0694. The first-order valence-electron chi connectivity index (χ1n) is 7.59. The summed E-state index contributed by atoms with van der Waals surface area (Å²) in [5.41, 5.74) is 1.72. The number of nitrogens with one attached hydrogen (secondary N) is 1. The SMILES string of the molecule is Cc1ccc(OC(C)CNC(=O)c2ccc(C(=O)O)c(C)n2)cc1. The predicted octanol–water partition coefficient (Wildman–Crippen LogP) is 2.59. The Morgan fingerprint density at radius 3 is 2.42 bits per heavy atom. The van der Waals surface area contributed by atoms with Gasteiger partial charge in [-0.25, -0.2) is 9.78 Å². The number of aromatic carboxylic acids is 1. The van der Waals surface area contributed by atoms with Crippen molar-refractivity contribution < 1.29 is 19.4 Å². The first-order chi connectivity index (χ1) is 11.4. The van der Waals surface area contributed by atoms with Crippen molar-refractivity contribution in [3.63, 3.8) is 0 Å². The summed E-state index contributed by atoms with van der Waals surface area (Å²) in [7, 11) is 0. The Bertz CT molecular complexity index is 741. The number of carboxylic acid groups (broad SMARTS) is 1. The van der Waals surface area contributed by atoms with E-state index in [9.17, 15) is 9.59 Å². The molecular weight excluding hydrogens is 308 g/mol. The molecule has 0 saturated heterocycles. The van der Waals surface area contributed by atoms with E-state index in [0.29, 0.717) is 12.2 Å². The number of aromatic nitrogens is 1. The highest BCUT2D eigenvalue weighted by Gasteiger charge is 2.14. The third-order valence-corrected chi connectivity index (χ3v) is 3.46. The molecule has 1 atom stereocenters. The summed E-state index contributed by atoms with van der Waals surface area (Å²) in [5.74, 6) is -0.691. The molecule has 24 heavy (non-hydrogen) atoms. The monoisotopic (exact) mass is 328 g/mol. The van der Waals surface area contributed by atoms with Gasteiger partial charge in [0.1, 0.15) is 17.5 Å². The molecule has 0 bridgehead atoms. The van der Waals surface area contributed by atoms with E-state index < -0.39 is 5.97 Å². The summed E-state index contributed by atoms with van der Waals surface area (Å²) in [6, 6.07) is 10.4. The molecule has 6 heteroatoms. The van der Waals surface area contributed by atoms with Crippen molar-refractivity contribution in [3.8, 4) is 5.75 Å². The van der Waals surface area contributed by atoms with Gasteiger partial charge >= 0.3 is 5.97 Å². The number of aryl methyl sites for hydroxylation is 2. The van der Waals surface area contributed by atoms with Crippen LogP contribution in [0.1, 0.15) is 39.0 Å². The molecule has 1 aromatic heterocycles. The van der Waals surface area contributed by atoms with Gasteiger partial charge in [-0.2, -0.15) is 0 Å². The summed E-state index contributed by atoms with van der Waals surface area (Å²) in [5, 5.41) is 11.7. The lowest BCUT2D eigenvalue weighted by atomic mass is 10.2. The van der Waals surface area contributed by atoms with E-state index in [0.717, 1.165) is 11.3 Å². The highest BCUT2D eigenvalue weighted by atomic mass is 16.5. The number of pyridine rings is 1. The fourth-order valence-electron chi connectivity index (χ4n) is 2.13. The van der Waals surface area contributed by atoms with Crippen molar-refractivity contribution in [2.75, 3.05) is 6.54 Å². The summed E-state index contributed by atoms with van der Waals surface area (Å²) in [4.78, 5) is 27.1. The lowest BCUT2D eigenvalue weighted by Gasteiger charge is -2.15. The minimum Gasteiger partial charge on any atom is -0.489 e. The number of carboxylic acids is 1.